The van der Waals surface area contributed by atoms with Gasteiger partial charge in [0, 0.05) is 0 Å². The Bertz CT molecular complexity index is 242. The minimum absolute atomic E-state index is 0.592. The molecular formula is C11H10MnO4. The second-order valence-electron chi connectivity index (χ2n) is 2.60. The van der Waals surface area contributed by atoms with Crippen molar-refractivity contribution >= 4 is 20.4 Å². The van der Waals surface area contributed by atoms with E-state index in [-0.39, 0.29) is 0 Å². The van der Waals surface area contributed by atoms with Crippen molar-refractivity contribution in [2.45, 2.75) is 18.3 Å². The number of hydrogen-bond acceptors (Lipinski definition) is 4. The summed E-state index contributed by atoms with van der Waals surface area (Å²) in [6, 6.07) is 0. The monoisotopic (exact) mass is 261 g/mol. The smallest absolute Gasteiger partial charge is 0.281 e. The van der Waals surface area contributed by atoms with E-state index in [0.717, 1.165) is 21.6 Å². The minimum atomic E-state index is 0.592. The van der Waals surface area contributed by atoms with Gasteiger partial charge < -0.3 is 0 Å². The van der Waals surface area contributed by atoms with E-state index >= 15 is 0 Å². The largest absolute Gasteiger partial charge is 0.281 e. The van der Waals surface area contributed by atoms with Crippen LogP contribution in [0.1, 0.15) is 13.3 Å². The van der Waals surface area contributed by atoms with E-state index in [4.69, 9.17) is 19.1 Å². The molecule has 0 spiro atoms. The maximum absolute atomic E-state index is 7.50. The van der Waals surface area contributed by atoms with Crippen molar-refractivity contribution in [3.63, 3.8) is 0 Å². The van der Waals surface area contributed by atoms with Crippen LogP contribution in [0.2, 0.25) is 0 Å². The van der Waals surface area contributed by atoms with Crippen LogP contribution in [-0.2, 0) is 34.1 Å². The topological polar surface area (TPSA) is 63.7 Å². The van der Waals surface area contributed by atoms with E-state index in [0.29, 0.717) is 5.00 Å². The third kappa shape index (κ3) is 8.29. The normalized spacial score (nSPS) is 19.4. The van der Waals surface area contributed by atoms with Crippen LogP contribution in [0.25, 0.3) is 0 Å². The van der Waals surface area contributed by atoms with Crippen LogP contribution >= 0.6 is 0 Å². The Morgan fingerprint density at radius 2 is 1.75 bits per heavy atom. The van der Waals surface area contributed by atoms with E-state index in [1.54, 1.807) is 4.47 Å². The van der Waals surface area contributed by atoms with Crippen LogP contribution in [-0.4, -0.2) is 32.0 Å². The van der Waals surface area contributed by atoms with E-state index in [2.05, 4.69) is 39.4 Å². The van der Waals surface area contributed by atoms with Gasteiger partial charge in [-0.25, -0.2) is 0 Å². The Balaban J connectivity index is 0. The molecule has 0 N–H and O–H groups in total. The van der Waals surface area contributed by atoms with Crippen molar-refractivity contribution in [1.29, 1.82) is 0 Å². The van der Waals surface area contributed by atoms with Crippen LogP contribution in [0.15, 0.2) is 22.2 Å². The molecular weight excluding hydrogens is 251 g/mol. The maximum atomic E-state index is 7.50. The number of ether oxygens (including phenoxy) is 1. The Kier molecular flexibility index (Phi) is 13.1. The Labute approximate surface area is 102 Å². The van der Waals surface area contributed by atoms with Crippen molar-refractivity contribution < 1.29 is 34.1 Å². The summed E-state index contributed by atoms with van der Waals surface area (Å²) in [5.74, 6) is 0. The Morgan fingerprint density at radius 3 is 2.06 bits per heavy atom. The molecule has 1 aliphatic heterocycles. The molecule has 4 nitrogen and oxygen atoms in total. The predicted molar refractivity (Wildman–Crippen MR) is 53.3 cm³/mol. The molecule has 1 fully saturated rings. The van der Waals surface area contributed by atoms with Gasteiger partial charge in [-0.15, -0.1) is 0 Å². The second-order valence-corrected chi connectivity index (χ2v) is 4.45. The maximum Gasteiger partial charge on any atom is 0.281 e. The van der Waals surface area contributed by atoms with Gasteiger partial charge in [0.2, 0.25) is 0 Å². The average molecular weight is 261 g/mol. The van der Waals surface area contributed by atoms with Crippen LogP contribution in [0.4, 0.5) is 0 Å². The van der Waals surface area contributed by atoms with E-state index < -0.39 is 0 Å². The zero-order valence-electron chi connectivity index (χ0n) is 8.66. The van der Waals surface area contributed by atoms with E-state index in [1.165, 1.54) is 12.0 Å². The first kappa shape index (κ1) is 17.4. The Hall–Kier alpha value is -1.03. The zero-order chi connectivity index (χ0) is 13.0. The minimum Gasteiger partial charge on any atom is -0.281 e. The van der Waals surface area contributed by atoms with Crippen LogP contribution < -0.4 is 0 Å². The number of hydrogen-bond donors (Lipinski definition) is 0. The third-order valence-electron chi connectivity index (χ3n) is 1.56. The molecule has 1 unspecified atom stereocenters. The fourth-order valence-corrected chi connectivity index (χ4v) is 2.38. The molecule has 0 aromatic heterocycles. The van der Waals surface area contributed by atoms with Crippen LogP contribution in [0.3, 0.4) is 0 Å². The summed E-state index contributed by atoms with van der Waals surface area (Å²) >= 11 is 0.897. The van der Waals surface area contributed by atoms with Gasteiger partial charge in [0.1, 0.15) is 0 Å². The third-order valence-corrected chi connectivity index (χ3v) is 3.18. The van der Waals surface area contributed by atoms with Gasteiger partial charge in [-0.1, -0.05) is 0 Å². The van der Waals surface area contributed by atoms with Crippen molar-refractivity contribution in [3.05, 3.63) is 22.2 Å². The summed E-state index contributed by atoms with van der Waals surface area (Å²) in [4.78, 5) is 22.5. The summed E-state index contributed by atoms with van der Waals surface area (Å²) in [6.45, 7) is 16.7. The van der Waals surface area contributed by atoms with Gasteiger partial charge in [-0.2, -0.15) is 0 Å². The van der Waals surface area contributed by atoms with E-state index in [9.17, 15) is 0 Å². The van der Waals surface area contributed by atoms with Gasteiger partial charge in [0.05, 0.1) is 0 Å². The first-order valence-electron chi connectivity index (χ1n) is 4.08. The molecule has 2 rings (SSSR count). The van der Waals surface area contributed by atoms with Crippen molar-refractivity contribution in [3.8, 4) is 0 Å². The summed E-state index contributed by atoms with van der Waals surface area (Å²) in [6.07, 6.45) is 5.75. The Morgan fingerprint density at radius 1 is 1.25 bits per heavy atom. The number of carbonyl (C=O) groups excluding carboxylic acids is 3. The van der Waals surface area contributed by atoms with Gasteiger partial charge in [-0.05, 0) is 0 Å². The van der Waals surface area contributed by atoms with Crippen LogP contribution in [0, 0.1) is 0 Å². The fraction of sp³-hybridized carbons (Fsp3) is 0.364. The molecule has 0 aromatic rings. The molecule has 0 amide bonds. The first-order valence-corrected chi connectivity index (χ1v) is 5.35. The molecule has 1 saturated heterocycles. The molecule has 0 aromatic carbocycles. The number of rotatable bonds is 2. The molecule has 6 radical (unpaired) electrons. The van der Waals surface area contributed by atoms with Crippen molar-refractivity contribution in [2.75, 3.05) is 6.61 Å². The molecule has 1 atom stereocenters. The number of epoxide rings is 1. The van der Waals surface area contributed by atoms with Gasteiger partial charge in [0.25, 0.3) is 20.4 Å². The average Bonchev–Trinajstić information content (AvgIpc) is 3.09. The standard InChI is InChI=1S/C6H7.C2H3O.3CO.Mn/c1-6-4-2-3-5-6;1-2-3-1;3*1-2;/h4-5H,2H2,1H3;1H,2H2;;;;. The summed E-state index contributed by atoms with van der Waals surface area (Å²) in [5.41, 5.74) is 1.42. The van der Waals surface area contributed by atoms with E-state index in [1.807, 2.05) is 0 Å². The molecule has 1 aliphatic carbocycles. The molecule has 0 bridgehead atoms. The molecule has 1 heterocycles. The van der Waals surface area contributed by atoms with Crippen molar-refractivity contribution in [1.82, 2.24) is 0 Å². The predicted octanol–water partition coefficient (Wildman–Crippen LogP) is 0.468. The summed E-state index contributed by atoms with van der Waals surface area (Å²) < 4.78 is 6.73. The molecule has 16 heavy (non-hydrogen) atoms. The quantitative estimate of drug-likeness (QED) is 0.535. The SMILES string of the molecule is CC1=CC[C]([Mn][CH]2CO2)=C1.[C]=O.[C]=O.[C]=O. The zero-order valence-corrected chi connectivity index (χ0v) is 9.84. The van der Waals surface area contributed by atoms with Crippen molar-refractivity contribution in [2.24, 2.45) is 0 Å². The molecule has 2 aliphatic rings. The van der Waals surface area contributed by atoms with Crippen LogP contribution in [0.5, 0.6) is 0 Å². The molecule has 0 saturated carbocycles. The molecule has 5 heteroatoms. The first-order chi connectivity index (χ1) is 7.84. The van der Waals surface area contributed by atoms with Gasteiger partial charge in [-0.3, -0.25) is 14.4 Å². The van der Waals surface area contributed by atoms with Gasteiger partial charge in [0.15, 0.2) is 0 Å². The summed E-state index contributed by atoms with van der Waals surface area (Å²) in [5, 5.41) is 0.592. The number of allylic oxidation sites excluding steroid dienone is 4. The fourth-order valence-electron chi connectivity index (χ4n) is 0.955. The van der Waals surface area contributed by atoms with Gasteiger partial charge >= 0.3 is 66.8 Å². The second kappa shape index (κ2) is 12.0. The molecule has 85 valence electrons. The summed E-state index contributed by atoms with van der Waals surface area (Å²) in [7, 11) is 0.